The fourth-order valence-corrected chi connectivity index (χ4v) is 4.83. The van der Waals surface area contributed by atoms with E-state index in [0.717, 1.165) is 30.5 Å². The molecule has 5 nitrogen and oxygen atoms in total. The maximum Gasteiger partial charge on any atom is 0.132 e. The maximum atomic E-state index is 11.6. The summed E-state index contributed by atoms with van der Waals surface area (Å²) in [7, 11) is 2.07. The number of carbonyl (C=O) groups excluding carboxylic acids is 1. The van der Waals surface area contributed by atoms with Gasteiger partial charge in [0, 0.05) is 54.6 Å². The number of aliphatic hydroxyl groups excluding tert-OH is 2. The van der Waals surface area contributed by atoms with Crippen molar-refractivity contribution in [1.29, 1.82) is 0 Å². The smallest absolute Gasteiger partial charge is 0.132 e. The molecule has 1 aromatic carbocycles. The third-order valence-electron chi connectivity index (χ3n) is 6.27. The molecule has 1 aromatic heterocycles. The normalized spacial score (nSPS) is 22.3. The van der Waals surface area contributed by atoms with Crippen molar-refractivity contribution in [3.8, 4) is 0 Å². The van der Waals surface area contributed by atoms with Crippen molar-refractivity contribution >= 4 is 16.7 Å². The Hall–Kier alpha value is -2.11. The minimum Gasteiger partial charge on any atom is -0.512 e. The van der Waals surface area contributed by atoms with Crippen LogP contribution in [0, 0.1) is 0 Å². The summed E-state index contributed by atoms with van der Waals surface area (Å²) in [5, 5.41) is 21.7. The summed E-state index contributed by atoms with van der Waals surface area (Å²) in [6, 6.07) is 6.50. The first kappa shape index (κ1) is 18.3. The van der Waals surface area contributed by atoms with Gasteiger partial charge >= 0.3 is 0 Å². The van der Waals surface area contributed by atoms with Crippen LogP contribution in [0.15, 0.2) is 35.7 Å². The highest BCUT2D eigenvalue weighted by Gasteiger charge is 2.40. The van der Waals surface area contributed by atoms with Gasteiger partial charge in [-0.2, -0.15) is 0 Å². The highest BCUT2D eigenvalue weighted by Crippen LogP contribution is 2.45. The highest BCUT2D eigenvalue weighted by atomic mass is 16.3. The van der Waals surface area contributed by atoms with Gasteiger partial charge < -0.3 is 14.8 Å². The lowest BCUT2D eigenvalue weighted by atomic mass is 9.75. The molecular formula is C22H28N2O3. The molecule has 2 heterocycles. The molecule has 0 saturated carbocycles. The number of aromatic nitrogens is 1. The van der Waals surface area contributed by atoms with Crippen molar-refractivity contribution in [2.45, 2.75) is 51.1 Å². The number of carbonyl (C=O) groups is 1. The molecule has 0 spiro atoms. The van der Waals surface area contributed by atoms with Gasteiger partial charge in [-0.05, 0) is 37.1 Å². The standard InChI is InChI=1S/C22H28N2O3/c1-3-16(26)6-5-9-24-12-14-10-19-21(17-7-4-8-18(24)20(14)17)22(27)15(13-25)11-23(19)2/h4,7-8,12,19,21,25,27H,3,5-6,9-11,13H2,1-2H3/t19-,21-/m1/s1. The summed E-state index contributed by atoms with van der Waals surface area (Å²) in [6.45, 7) is 3.25. The molecule has 27 heavy (non-hydrogen) atoms. The first-order valence-corrected chi connectivity index (χ1v) is 9.89. The minimum absolute atomic E-state index is 0.0837. The van der Waals surface area contributed by atoms with Crippen LogP contribution in [0.1, 0.15) is 43.2 Å². The Bertz CT molecular complexity index is 912. The maximum absolute atomic E-state index is 11.6. The van der Waals surface area contributed by atoms with Gasteiger partial charge in [-0.25, -0.2) is 0 Å². The van der Waals surface area contributed by atoms with Gasteiger partial charge in [-0.1, -0.05) is 19.1 Å². The number of hydrogen-bond acceptors (Lipinski definition) is 4. The van der Waals surface area contributed by atoms with Crippen LogP contribution in [-0.2, 0) is 17.8 Å². The van der Waals surface area contributed by atoms with Crippen molar-refractivity contribution in [3.05, 3.63) is 46.9 Å². The average Bonchev–Trinajstić information content (AvgIpc) is 3.03. The van der Waals surface area contributed by atoms with E-state index in [1.807, 2.05) is 6.92 Å². The van der Waals surface area contributed by atoms with E-state index in [0.29, 0.717) is 30.9 Å². The second-order valence-electron chi connectivity index (χ2n) is 7.90. The summed E-state index contributed by atoms with van der Waals surface area (Å²) >= 11 is 0. The van der Waals surface area contributed by atoms with E-state index in [2.05, 4.69) is 40.9 Å². The molecule has 4 rings (SSSR count). The van der Waals surface area contributed by atoms with E-state index in [1.165, 1.54) is 16.5 Å². The third kappa shape index (κ3) is 2.99. The predicted molar refractivity (Wildman–Crippen MR) is 106 cm³/mol. The molecule has 1 aliphatic carbocycles. The Morgan fingerprint density at radius 1 is 1.33 bits per heavy atom. The van der Waals surface area contributed by atoms with Crippen LogP contribution in [-0.4, -0.2) is 51.7 Å². The summed E-state index contributed by atoms with van der Waals surface area (Å²) in [5.41, 5.74) is 4.36. The molecule has 2 N–H and O–H groups in total. The fourth-order valence-electron chi connectivity index (χ4n) is 4.83. The van der Waals surface area contributed by atoms with Crippen molar-refractivity contribution < 1.29 is 15.0 Å². The largest absolute Gasteiger partial charge is 0.512 e. The van der Waals surface area contributed by atoms with Crippen LogP contribution in [0.2, 0.25) is 0 Å². The lowest BCUT2D eigenvalue weighted by Crippen LogP contribution is -2.46. The van der Waals surface area contributed by atoms with E-state index in [-0.39, 0.29) is 18.6 Å². The molecule has 1 aliphatic heterocycles. The molecule has 2 aromatic rings. The molecule has 0 fully saturated rings. The molecule has 0 radical (unpaired) electrons. The summed E-state index contributed by atoms with van der Waals surface area (Å²) in [5.74, 6) is 0.579. The Morgan fingerprint density at radius 2 is 2.15 bits per heavy atom. The third-order valence-corrected chi connectivity index (χ3v) is 6.27. The summed E-state index contributed by atoms with van der Waals surface area (Å²) in [6.07, 6.45) is 5.21. The Kier molecular flexibility index (Phi) is 4.82. The van der Waals surface area contributed by atoms with Gasteiger partial charge in [0.15, 0.2) is 0 Å². The first-order chi connectivity index (χ1) is 13.0. The first-order valence-electron chi connectivity index (χ1n) is 9.89. The second kappa shape index (κ2) is 7.13. The van der Waals surface area contributed by atoms with Crippen molar-refractivity contribution in [3.63, 3.8) is 0 Å². The van der Waals surface area contributed by atoms with Gasteiger partial charge in [-0.3, -0.25) is 9.69 Å². The quantitative estimate of drug-likeness (QED) is 0.822. The monoisotopic (exact) mass is 368 g/mol. The lowest BCUT2D eigenvalue weighted by molar-refractivity contribution is -0.118. The van der Waals surface area contributed by atoms with Gasteiger partial charge in [0.1, 0.15) is 11.5 Å². The molecule has 0 amide bonds. The number of Topliss-reactive ketones (excluding diaryl/α,β-unsaturated/α-hetero) is 1. The summed E-state index contributed by atoms with van der Waals surface area (Å²) < 4.78 is 2.27. The SMILES string of the molecule is CCC(=O)CCCn1cc2c3c(cccc31)[C@H]1C(O)=C(CO)CN(C)[C@@H]1C2. The van der Waals surface area contributed by atoms with E-state index in [9.17, 15) is 15.0 Å². The average molecular weight is 368 g/mol. The molecule has 2 aliphatic rings. The number of benzene rings is 1. The van der Waals surface area contributed by atoms with Crippen molar-refractivity contribution in [2.24, 2.45) is 0 Å². The highest BCUT2D eigenvalue weighted by molar-refractivity contribution is 5.89. The molecular weight excluding hydrogens is 340 g/mol. The van der Waals surface area contributed by atoms with Gasteiger partial charge in [-0.15, -0.1) is 0 Å². The molecule has 0 saturated heterocycles. The van der Waals surface area contributed by atoms with Crippen LogP contribution in [0.3, 0.4) is 0 Å². The van der Waals surface area contributed by atoms with Crippen LogP contribution < -0.4 is 0 Å². The number of ketones is 1. The predicted octanol–water partition coefficient (Wildman–Crippen LogP) is 3.16. The molecule has 0 unspecified atom stereocenters. The zero-order valence-electron chi connectivity index (χ0n) is 16.1. The van der Waals surface area contributed by atoms with Gasteiger partial charge in [0.25, 0.3) is 0 Å². The Balaban J connectivity index is 1.74. The van der Waals surface area contributed by atoms with E-state index >= 15 is 0 Å². The van der Waals surface area contributed by atoms with Gasteiger partial charge in [0.05, 0.1) is 12.5 Å². The Morgan fingerprint density at radius 3 is 2.89 bits per heavy atom. The number of rotatable bonds is 6. The van der Waals surface area contributed by atoms with E-state index in [1.54, 1.807) is 0 Å². The molecule has 144 valence electrons. The molecule has 0 bridgehead atoms. The van der Waals surface area contributed by atoms with E-state index < -0.39 is 0 Å². The number of likely N-dealkylation sites (N-methyl/N-ethyl adjacent to an activating group) is 1. The van der Waals surface area contributed by atoms with Crippen LogP contribution in [0.5, 0.6) is 0 Å². The van der Waals surface area contributed by atoms with Gasteiger partial charge in [0.2, 0.25) is 0 Å². The van der Waals surface area contributed by atoms with Crippen LogP contribution in [0.4, 0.5) is 0 Å². The number of fused-ring (bicyclic) bond motifs is 2. The number of aliphatic hydroxyl groups is 2. The van der Waals surface area contributed by atoms with Crippen molar-refractivity contribution in [1.82, 2.24) is 9.47 Å². The van der Waals surface area contributed by atoms with E-state index in [4.69, 9.17) is 0 Å². The van der Waals surface area contributed by atoms with Crippen LogP contribution in [0.25, 0.3) is 10.9 Å². The topological polar surface area (TPSA) is 65.7 Å². The Labute approximate surface area is 159 Å². The van der Waals surface area contributed by atoms with Crippen molar-refractivity contribution in [2.75, 3.05) is 20.2 Å². The lowest BCUT2D eigenvalue weighted by Gasteiger charge is -2.42. The second-order valence-corrected chi connectivity index (χ2v) is 7.90. The number of aryl methyl sites for hydroxylation is 1. The number of nitrogens with zero attached hydrogens (tertiary/aromatic N) is 2. The summed E-state index contributed by atoms with van der Waals surface area (Å²) in [4.78, 5) is 13.9. The van der Waals surface area contributed by atoms with Crippen LogP contribution >= 0.6 is 0 Å². The zero-order valence-corrected chi connectivity index (χ0v) is 16.1. The zero-order chi connectivity index (χ0) is 19.1. The fraction of sp³-hybridized carbons (Fsp3) is 0.500. The number of hydrogen-bond donors (Lipinski definition) is 2. The molecule has 2 atom stereocenters. The minimum atomic E-state index is -0.102. The molecule has 5 heteroatoms.